The van der Waals surface area contributed by atoms with Gasteiger partial charge in [0.05, 0.1) is 23.1 Å². The summed E-state index contributed by atoms with van der Waals surface area (Å²) in [6.45, 7) is 1.80. The van der Waals surface area contributed by atoms with Crippen LogP contribution in [-0.2, 0) is 20.3 Å². The SMILES string of the molecule is COc1cc(C(=O)NS(=O)(=O)c2ccccc2)ccc1C(C)(N)c1c[nH]c2ccc(C(=O)OC3CCCC3)cc12. The van der Waals surface area contributed by atoms with Gasteiger partial charge in [-0.15, -0.1) is 0 Å². The second-order valence-corrected chi connectivity index (χ2v) is 11.8. The van der Waals surface area contributed by atoms with Crippen molar-refractivity contribution in [3.8, 4) is 5.75 Å². The van der Waals surface area contributed by atoms with E-state index in [2.05, 4.69) is 9.71 Å². The third-order valence-electron chi connectivity index (χ3n) is 7.36. The number of nitrogens with one attached hydrogen (secondary N) is 2. The molecule has 1 heterocycles. The Kier molecular flexibility index (Phi) is 7.39. The standard InChI is InChI=1S/C30H31N3O6S/c1-30(31,25-18-32-26-15-13-20(16-23(25)26)29(35)39-21-8-6-7-9-21)24-14-12-19(17-27(24)38-2)28(34)33-40(36,37)22-10-4-3-5-11-22/h3-5,10-18,21,32H,6-9,31H2,1-2H3,(H,33,34). The highest BCUT2D eigenvalue weighted by Crippen LogP contribution is 2.38. The van der Waals surface area contributed by atoms with Gasteiger partial charge in [0.15, 0.2) is 0 Å². The molecular formula is C30H31N3O6S. The number of carbonyl (C=O) groups excluding carboxylic acids is 2. The molecule has 208 valence electrons. The third-order valence-corrected chi connectivity index (χ3v) is 8.70. The number of hydrogen-bond acceptors (Lipinski definition) is 7. The molecular weight excluding hydrogens is 530 g/mol. The number of nitrogens with two attached hydrogens (primary N) is 1. The molecule has 1 unspecified atom stereocenters. The van der Waals surface area contributed by atoms with Crippen molar-refractivity contribution < 1.29 is 27.5 Å². The van der Waals surface area contributed by atoms with E-state index in [0.29, 0.717) is 22.4 Å². The first-order valence-electron chi connectivity index (χ1n) is 13.0. The van der Waals surface area contributed by atoms with E-state index in [1.165, 1.54) is 31.4 Å². The van der Waals surface area contributed by atoms with Crippen LogP contribution in [0.5, 0.6) is 5.75 Å². The minimum absolute atomic E-state index is 0.0210. The lowest BCUT2D eigenvalue weighted by molar-refractivity contribution is 0.0318. The Morgan fingerprint density at radius 2 is 1.68 bits per heavy atom. The molecule has 9 nitrogen and oxygen atoms in total. The number of aromatic amines is 1. The van der Waals surface area contributed by atoms with Crippen LogP contribution in [0.25, 0.3) is 10.9 Å². The molecule has 1 amide bonds. The van der Waals surface area contributed by atoms with E-state index in [0.717, 1.165) is 36.6 Å². The summed E-state index contributed by atoms with van der Waals surface area (Å²) in [7, 11) is -2.60. The van der Waals surface area contributed by atoms with E-state index in [4.69, 9.17) is 15.2 Å². The van der Waals surface area contributed by atoms with Gasteiger partial charge in [0.2, 0.25) is 0 Å². The molecule has 1 atom stereocenters. The van der Waals surface area contributed by atoms with Gasteiger partial charge in [-0.05, 0) is 75.1 Å². The fourth-order valence-electron chi connectivity index (χ4n) is 5.15. The Morgan fingerprint density at radius 3 is 2.38 bits per heavy atom. The normalized spacial score (nSPS) is 15.5. The average Bonchev–Trinajstić information content (AvgIpc) is 3.62. The van der Waals surface area contributed by atoms with Crippen molar-refractivity contribution in [2.45, 2.75) is 49.1 Å². The van der Waals surface area contributed by atoms with Crippen LogP contribution in [0, 0.1) is 0 Å². The fraction of sp³-hybridized carbons (Fsp3) is 0.267. The smallest absolute Gasteiger partial charge is 0.338 e. The van der Waals surface area contributed by atoms with Gasteiger partial charge >= 0.3 is 5.97 Å². The van der Waals surface area contributed by atoms with Crippen LogP contribution in [0.4, 0.5) is 0 Å². The summed E-state index contributed by atoms with van der Waals surface area (Å²) < 4.78 is 38.6. The van der Waals surface area contributed by atoms with E-state index < -0.39 is 21.5 Å². The van der Waals surface area contributed by atoms with E-state index in [9.17, 15) is 18.0 Å². The summed E-state index contributed by atoms with van der Waals surface area (Å²) in [4.78, 5) is 28.9. The number of rotatable bonds is 8. The summed E-state index contributed by atoms with van der Waals surface area (Å²) in [6, 6.07) is 17.5. The molecule has 1 saturated carbocycles. The third kappa shape index (κ3) is 5.32. The zero-order chi connectivity index (χ0) is 28.5. The molecule has 4 aromatic rings. The van der Waals surface area contributed by atoms with Gasteiger partial charge in [-0.1, -0.05) is 24.3 Å². The first-order chi connectivity index (χ1) is 19.1. The van der Waals surface area contributed by atoms with E-state index >= 15 is 0 Å². The van der Waals surface area contributed by atoms with Gasteiger partial charge in [-0.3, -0.25) is 4.79 Å². The van der Waals surface area contributed by atoms with Gasteiger partial charge in [0, 0.05) is 33.8 Å². The fourth-order valence-corrected chi connectivity index (χ4v) is 6.14. The number of sulfonamides is 1. The van der Waals surface area contributed by atoms with Crippen molar-refractivity contribution in [1.29, 1.82) is 0 Å². The van der Waals surface area contributed by atoms with E-state index in [1.807, 2.05) is 6.07 Å². The molecule has 1 aliphatic carbocycles. The average molecular weight is 562 g/mol. The number of H-pyrrole nitrogens is 1. The summed E-state index contributed by atoms with van der Waals surface area (Å²) in [5, 5.41) is 0.753. The molecule has 3 aromatic carbocycles. The Labute approximate surface area is 232 Å². The van der Waals surface area contributed by atoms with Gasteiger partial charge in [-0.25, -0.2) is 17.9 Å². The first-order valence-corrected chi connectivity index (χ1v) is 14.5. The lowest BCUT2D eigenvalue weighted by atomic mass is 9.84. The van der Waals surface area contributed by atoms with E-state index in [1.54, 1.807) is 49.5 Å². The lowest BCUT2D eigenvalue weighted by Crippen LogP contribution is -2.35. The molecule has 5 rings (SSSR count). The van der Waals surface area contributed by atoms with Crippen molar-refractivity contribution in [3.05, 3.63) is 95.2 Å². The summed E-state index contributed by atoms with van der Waals surface area (Å²) in [5.74, 6) is -0.857. The van der Waals surface area contributed by atoms with Gasteiger partial charge in [0.1, 0.15) is 11.9 Å². The number of amides is 1. The Hall–Kier alpha value is -4.15. The number of carbonyl (C=O) groups is 2. The zero-order valence-corrected chi connectivity index (χ0v) is 23.1. The number of hydrogen-bond donors (Lipinski definition) is 3. The molecule has 0 saturated heterocycles. The maximum Gasteiger partial charge on any atom is 0.338 e. The predicted molar refractivity (Wildman–Crippen MR) is 151 cm³/mol. The summed E-state index contributed by atoms with van der Waals surface area (Å²) >= 11 is 0. The van der Waals surface area contributed by atoms with Crippen LogP contribution >= 0.6 is 0 Å². The zero-order valence-electron chi connectivity index (χ0n) is 22.3. The van der Waals surface area contributed by atoms with Crippen molar-refractivity contribution in [2.24, 2.45) is 5.73 Å². The lowest BCUT2D eigenvalue weighted by Gasteiger charge is -2.27. The molecule has 4 N–H and O–H groups in total. The highest BCUT2D eigenvalue weighted by molar-refractivity contribution is 7.90. The van der Waals surface area contributed by atoms with Crippen molar-refractivity contribution in [2.75, 3.05) is 7.11 Å². The Balaban J connectivity index is 1.44. The number of ether oxygens (including phenoxy) is 2. The van der Waals surface area contributed by atoms with Crippen molar-refractivity contribution in [1.82, 2.24) is 9.71 Å². The first kappa shape index (κ1) is 27.4. The molecule has 0 radical (unpaired) electrons. The number of fused-ring (bicyclic) bond motifs is 1. The molecule has 1 aromatic heterocycles. The molecule has 10 heteroatoms. The predicted octanol–water partition coefficient (Wildman–Crippen LogP) is 4.62. The summed E-state index contributed by atoms with van der Waals surface area (Å²) in [6.07, 6.45) is 5.64. The number of esters is 1. The van der Waals surface area contributed by atoms with Crippen molar-refractivity contribution in [3.63, 3.8) is 0 Å². The highest BCUT2D eigenvalue weighted by Gasteiger charge is 2.31. The quantitative estimate of drug-likeness (QED) is 0.267. The maximum absolute atomic E-state index is 12.9. The second-order valence-electron chi connectivity index (χ2n) is 10.1. The highest BCUT2D eigenvalue weighted by atomic mass is 32.2. The largest absolute Gasteiger partial charge is 0.496 e. The molecule has 0 bridgehead atoms. The number of benzene rings is 3. The minimum Gasteiger partial charge on any atom is -0.496 e. The van der Waals surface area contributed by atoms with Crippen LogP contribution in [0.2, 0.25) is 0 Å². The Bertz CT molecular complexity index is 1670. The molecule has 1 fully saturated rings. The molecule has 40 heavy (non-hydrogen) atoms. The molecule has 0 aliphatic heterocycles. The second kappa shape index (κ2) is 10.8. The number of aromatic nitrogens is 1. The van der Waals surface area contributed by atoms with E-state index in [-0.39, 0.29) is 22.5 Å². The van der Waals surface area contributed by atoms with Crippen LogP contribution in [0.3, 0.4) is 0 Å². The minimum atomic E-state index is -4.05. The van der Waals surface area contributed by atoms with Crippen molar-refractivity contribution >= 4 is 32.8 Å². The van der Waals surface area contributed by atoms with Crippen LogP contribution < -0.4 is 15.2 Å². The van der Waals surface area contributed by atoms with Gasteiger partial charge in [-0.2, -0.15) is 0 Å². The molecule has 1 aliphatic rings. The summed E-state index contributed by atoms with van der Waals surface area (Å²) in [5.41, 5.74) is 8.39. The van der Waals surface area contributed by atoms with Crippen LogP contribution in [-0.4, -0.2) is 38.5 Å². The van der Waals surface area contributed by atoms with Gasteiger partial charge in [0.25, 0.3) is 15.9 Å². The van der Waals surface area contributed by atoms with Crippen LogP contribution in [0.1, 0.15) is 64.4 Å². The number of methoxy groups -OCH3 is 1. The Morgan fingerprint density at radius 1 is 0.975 bits per heavy atom. The molecule has 0 spiro atoms. The van der Waals surface area contributed by atoms with Crippen LogP contribution in [0.15, 0.2) is 77.8 Å². The monoisotopic (exact) mass is 561 g/mol. The maximum atomic E-state index is 12.9. The topological polar surface area (TPSA) is 141 Å². The van der Waals surface area contributed by atoms with Gasteiger partial charge < -0.3 is 20.2 Å².